The molecule has 7 nitrogen and oxygen atoms in total. The van der Waals surface area contributed by atoms with Crippen LogP contribution in [-0.2, 0) is 4.84 Å². The Hall–Kier alpha value is -2.09. The number of hydrogen-bond donors (Lipinski definition) is 2. The van der Waals surface area contributed by atoms with Crippen LogP contribution in [0, 0.1) is 0 Å². The van der Waals surface area contributed by atoms with E-state index in [1.807, 2.05) is 0 Å². The fourth-order valence-electron chi connectivity index (χ4n) is 1.31. The van der Waals surface area contributed by atoms with Crippen molar-refractivity contribution in [3.05, 3.63) is 52.0 Å². The predicted molar refractivity (Wildman–Crippen MR) is 70.8 cm³/mol. The Kier molecular flexibility index (Phi) is 4.23. The summed E-state index contributed by atoms with van der Waals surface area (Å²) in [6.45, 7) is 0. The number of nitrogens with two attached hydrogens (primary N) is 1. The first-order valence-corrected chi connectivity index (χ1v) is 6.02. The maximum atomic E-state index is 11.8. The van der Waals surface area contributed by atoms with E-state index in [0.717, 1.165) is 0 Å². The number of nitrogens with zero attached hydrogens (tertiary/aromatic N) is 2. The van der Waals surface area contributed by atoms with E-state index in [1.54, 1.807) is 18.2 Å². The van der Waals surface area contributed by atoms with Crippen LogP contribution in [0.4, 0.5) is 0 Å². The molecule has 0 aliphatic heterocycles. The number of aromatic amines is 1. The van der Waals surface area contributed by atoms with Crippen LogP contribution in [0.25, 0.3) is 0 Å². The maximum absolute atomic E-state index is 11.8. The number of carbonyl (C=O) groups excluding carboxylic acids is 2. The van der Waals surface area contributed by atoms with Gasteiger partial charge >= 0.3 is 11.9 Å². The van der Waals surface area contributed by atoms with Gasteiger partial charge in [-0.25, -0.2) is 15.6 Å². The highest BCUT2D eigenvalue weighted by Gasteiger charge is 2.21. The monoisotopic (exact) mass is 314 g/mol. The van der Waals surface area contributed by atoms with Crippen molar-refractivity contribution in [3.8, 4) is 0 Å². The van der Waals surface area contributed by atoms with Gasteiger partial charge in [-0.05, 0) is 12.1 Å². The van der Waals surface area contributed by atoms with Crippen LogP contribution in [0.15, 0.2) is 30.3 Å². The minimum atomic E-state index is -0.995. The summed E-state index contributed by atoms with van der Waals surface area (Å²) in [6, 6.07) is 8.08. The van der Waals surface area contributed by atoms with Gasteiger partial charge in [-0.15, -0.1) is 0 Å². The lowest BCUT2D eigenvalue weighted by molar-refractivity contribution is -0.0836. The lowest BCUT2D eigenvalue weighted by Gasteiger charge is -2.14. The van der Waals surface area contributed by atoms with E-state index in [9.17, 15) is 9.59 Å². The molecule has 0 atom stereocenters. The topological polar surface area (TPSA) is 101 Å². The molecular weight excluding hydrogens is 307 g/mol. The van der Waals surface area contributed by atoms with Gasteiger partial charge in [0.05, 0.1) is 0 Å². The maximum Gasteiger partial charge on any atom is 0.400 e. The molecule has 20 heavy (non-hydrogen) atoms. The molecule has 1 heterocycles. The number of H-pyrrole nitrogens is 1. The number of carbonyl (C=O) groups is 2. The molecule has 1 aromatic heterocycles. The van der Waals surface area contributed by atoms with Crippen LogP contribution in [0.2, 0.25) is 10.3 Å². The second-order valence-electron chi connectivity index (χ2n) is 3.57. The van der Waals surface area contributed by atoms with Crippen LogP contribution in [0.1, 0.15) is 21.0 Å². The normalized spacial score (nSPS) is 10.2. The highest BCUT2D eigenvalue weighted by molar-refractivity contribution is 6.40. The average molecular weight is 315 g/mol. The molecule has 3 N–H and O–H groups in total. The van der Waals surface area contributed by atoms with Crippen LogP contribution < -0.4 is 5.84 Å². The number of amides is 1. The number of hydrazine groups is 1. The van der Waals surface area contributed by atoms with Gasteiger partial charge in [-0.1, -0.05) is 46.6 Å². The van der Waals surface area contributed by atoms with E-state index in [2.05, 4.69) is 14.8 Å². The number of aromatic nitrogens is 2. The summed E-state index contributed by atoms with van der Waals surface area (Å²) in [5, 5.41) is 0.204. The summed E-state index contributed by atoms with van der Waals surface area (Å²) >= 11 is 11.2. The van der Waals surface area contributed by atoms with Crippen molar-refractivity contribution in [1.29, 1.82) is 0 Å². The van der Waals surface area contributed by atoms with Crippen molar-refractivity contribution in [2.45, 2.75) is 0 Å². The molecule has 2 aromatic rings. The molecule has 1 amide bonds. The quantitative estimate of drug-likeness (QED) is 0.500. The van der Waals surface area contributed by atoms with Gasteiger partial charge in [-0.2, -0.15) is 0 Å². The molecule has 9 heteroatoms. The zero-order chi connectivity index (χ0) is 14.7. The fourth-order valence-corrected chi connectivity index (χ4v) is 1.57. The third-order valence-electron chi connectivity index (χ3n) is 2.21. The van der Waals surface area contributed by atoms with Gasteiger partial charge < -0.3 is 9.82 Å². The minimum Gasteiger partial charge on any atom is -0.322 e. The summed E-state index contributed by atoms with van der Waals surface area (Å²) in [6.07, 6.45) is 0. The highest BCUT2D eigenvalue weighted by Crippen LogP contribution is 2.18. The summed E-state index contributed by atoms with van der Waals surface area (Å²) in [4.78, 5) is 34.1. The van der Waals surface area contributed by atoms with Crippen molar-refractivity contribution < 1.29 is 14.4 Å². The first-order chi connectivity index (χ1) is 9.49. The third-order valence-corrected chi connectivity index (χ3v) is 2.86. The first kappa shape index (κ1) is 14.3. The molecule has 1 aromatic carbocycles. The summed E-state index contributed by atoms with van der Waals surface area (Å²) < 4.78 is 0. The Morgan fingerprint density at radius 1 is 1.25 bits per heavy atom. The molecule has 0 unspecified atom stereocenters. The molecule has 104 valence electrons. The van der Waals surface area contributed by atoms with Crippen molar-refractivity contribution in [2.24, 2.45) is 5.84 Å². The number of hydrogen-bond acceptors (Lipinski definition) is 5. The Balaban J connectivity index is 2.06. The van der Waals surface area contributed by atoms with Crippen LogP contribution in [0.5, 0.6) is 0 Å². The average Bonchev–Trinajstić information content (AvgIpc) is 2.79. The smallest absolute Gasteiger partial charge is 0.322 e. The number of nitrogens with one attached hydrogen (secondary N) is 1. The van der Waals surface area contributed by atoms with Crippen LogP contribution in [0.3, 0.4) is 0 Å². The van der Waals surface area contributed by atoms with Gasteiger partial charge in [0.25, 0.3) is 0 Å². The zero-order valence-electron chi connectivity index (χ0n) is 9.84. The van der Waals surface area contributed by atoms with Gasteiger partial charge in [0.1, 0.15) is 5.15 Å². The molecule has 0 aliphatic carbocycles. The van der Waals surface area contributed by atoms with Crippen molar-refractivity contribution in [1.82, 2.24) is 15.1 Å². The third kappa shape index (κ3) is 3.08. The van der Waals surface area contributed by atoms with Gasteiger partial charge in [0.15, 0.2) is 5.15 Å². The molecule has 0 fully saturated rings. The lowest BCUT2D eigenvalue weighted by atomic mass is 10.2. The molecule has 0 aliphatic rings. The van der Waals surface area contributed by atoms with Crippen molar-refractivity contribution in [2.75, 3.05) is 0 Å². The number of benzene rings is 1. The zero-order valence-corrected chi connectivity index (χ0v) is 11.4. The Morgan fingerprint density at radius 2 is 1.90 bits per heavy atom. The molecule has 0 saturated carbocycles. The molecule has 2 rings (SSSR count). The Bertz CT molecular complexity index is 625. The van der Waals surface area contributed by atoms with Gasteiger partial charge in [0, 0.05) is 5.56 Å². The highest BCUT2D eigenvalue weighted by atomic mass is 35.5. The second-order valence-corrected chi connectivity index (χ2v) is 4.30. The van der Waals surface area contributed by atoms with Gasteiger partial charge in [-0.3, -0.25) is 4.79 Å². The standard InChI is InChI=1S/C11H8Cl2N4O3/c12-7-8(13)16-9(15-7)11(19)20-17(14)10(18)6-4-2-1-3-5-6/h1-5H,14H2,(H,15,16). The fraction of sp³-hybridized carbons (Fsp3) is 0. The summed E-state index contributed by atoms with van der Waals surface area (Å²) in [5.41, 5.74) is 0.262. The van der Waals surface area contributed by atoms with Crippen LogP contribution in [-0.4, -0.2) is 27.0 Å². The molecule has 0 saturated heterocycles. The first-order valence-electron chi connectivity index (χ1n) is 5.26. The van der Waals surface area contributed by atoms with E-state index < -0.39 is 11.9 Å². The molecule has 0 spiro atoms. The lowest BCUT2D eigenvalue weighted by Crippen LogP contribution is -2.39. The molecular formula is C11H8Cl2N4O3. The molecule has 0 radical (unpaired) electrons. The number of hydroxylamine groups is 1. The second kappa shape index (κ2) is 5.91. The van der Waals surface area contributed by atoms with E-state index in [0.29, 0.717) is 5.17 Å². The largest absolute Gasteiger partial charge is 0.400 e. The predicted octanol–water partition coefficient (Wildman–Crippen LogP) is 1.80. The Labute approximate surface area is 123 Å². The van der Waals surface area contributed by atoms with Crippen molar-refractivity contribution >= 4 is 35.1 Å². The summed E-state index contributed by atoms with van der Waals surface area (Å²) in [5.74, 6) is 3.41. The number of rotatable bonds is 2. The van der Waals surface area contributed by atoms with E-state index >= 15 is 0 Å². The Morgan fingerprint density at radius 3 is 2.45 bits per heavy atom. The van der Waals surface area contributed by atoms with Crippen LogP contribution >= 0.6 is 23.2 Å². The minimum absolute atomic E-state index is 0.0171. The van der Waals surface area contributed by atoms with Gasteiger partial charge in [0.2, 0.25) is 5.82 Å². The van der Waals surface area contributed by atoms with E-state index in [-0.39, 0.29) is 21.7 Å². The SMILES string of the molecule is NN(OC(=O)c1nc(Cl)c(Cl)[nH]1)C(=O)c1ccccc1. The van der Waals surface area contributed by atoms with Crippen molar-refractivity contribution in [3.63, 3.8) is 0 Å². The van der Waals surface area contributed by atoms with E-state index in [1.165, 1.54) is 12.1 Å². The summed E-state index contributed by atoms with van der Waals surface area (Å²) in [7, 11) is 0. The molecule has 0 bridgehead atoms. The number of imidazole rings is 1. The number of halogens is 2. The van der Waals surface area contributed by atoms with E-state index in [4.69, 9.17) is 29.0 Å².